The molecule has 3 rings (SSSR count). The van der Waals surface area contributed by atoms with Gasteiger partial charge in [0, 0.05) is 31.2 Å². The van der Waals surface area contributed by atoms with Crippen molar-refractivity contribution in [2.45, 2.75) is 13.5 Å². The Bertz CT molecular complexity index is 797. The number of phenolic OH excluding ortho intramolecular Hbond substituents is 1. The zero-order valence-corrected chi connectivity index (χ0v) is 11.4. The number of amides is 1. The van der Waals surface area contributed by atoms with Crippen LogP contribution in [0.25, 0.3) is 10.9 Å². The van der Waals surface area contributed by atoms with Crippen molar-refractivity contribution in [3.63, 3.8) is 0 Å². The summed E-state index contributed by atoms with van der Waals surface area (Å²) in [7, 11) is 0. The molecule has 0 atom stereocenters. The number of imidazole rings is 1. The number of rotatable bonds is 3. The number of carbonyl (C=O) groups excluding carboxylic acids is 1. The number of aromatic hydroxyl groups is 1. The Labute approximate surface area is 121 Å². The van der Waals surface area contributed by atoms with Crippen LogP contribution in [0.1, 0.15) is 12.5 Å². The molecule has 0 unspecified atom stereocenters. The van der Waals surface area contributed by atoms with E-state index in [0.717, 1.165) is 10.9 Å². The third-order valence-corrected chi connectivity index (χ3v) is 3.12. The lowest BCUT2D eigenvalue weighted by atomic mass is 10.1. The Morgan fingerprint density at radius 2 is 2.29 bits per heavy atom. The van der Waals surface area contributed by atoms with E-state index in [1.54, 1.807) is 24.7 Å². The normalized spacial score (nSPS) is 10.7. The number of nitrogens with one attached hydrogen (secondary N) is 1. The number of hydrogen-bond acceptors (Lipinski definition) is 4. The van der Waals surface area contributed by atoms with Crippen molar-refractivity contribution in [3.8, 4) is 5.75 Å². The van der Waals surface area contributed by atoms with E-state index in [-0.39, 0.29) is 11.7 Å². The van der Waals surface area contributed by atoms with Gasteiger partial charge in [-0.1, -0.05) is 12.1 Å². The van der Waals surface area contributed by atoms with Crippen molar-refractivity contribution in [2.75, 3.05) is 5.32 Å². The van der Waals surface area contributed by atoms with Crippen LogP contribution >= 0.6 is 0 Å². The van der Waals surface area contributed by atoms with E-state index in [0.29, 0.717) is 17.9 Å². The fraction of sp³-hybridized carbons (Fsp3) is 0.133. The molecule has 6 heteroatoms. The number of fused-ring (bicyclic) bond motifs is 1. The van der Waals surface area contributed by atoms with E-state index in [1.807, 2.05) is 22.9 Å². The van der Waals surface area contributed by atoms with Gasteiger partial charge in [0.05, 0.1) is 6.33 Å². The van der Waals surface area contributed by atoms with Gasteiger partial charge >= 0.3 is 0 Å². The van der Waals surface area contributed by atoms with E-state index >= 15 is 0 Å². The largest absolute Gasteiger partial charge is 0.506 e. The zero-order valence-electron chi connectivity index (χ0n) is 11.4. The summed E-state index contributed by atoms with van der Waals surface area (Å²) in [4.78, 5) is 19.5. The molecule has 0 spiro atoms. The van der Waals surface area contributed by atoms with Gasteiger partial charge < -0.3 is 15.0 Å². The predicted octanol–water partition coefficient (Wildman–Crippen LogP) is 2.14. The zero-order chi connectivity index (χ0) is 14.8. The Morgan fingerprint density at radius 3 is 3.00 bits per heavy atom. The number of carbonyl (C=O) groups is 1. The smallest absolute Gasteiger partial charge is 0.222 e. The first-order chi connectivity index (χ1) is 10.1. The summed E-state index contributed by atoms with van der Waals surface area (Å²) in [5, 5.41) is 13.5. The van der Waals surface area contributed by atoms with E-state index in [1.165, 1.54) is 6.92 Å². The quantitative estimate of drug-likeness (QED) is 0.771. The number of phenols is 1. The van der Waals surface area contributed by atoms with Gasteiger partial charge in [-0.25, -0.2) is 9.97 Å². The number of para-hydroxylation sites is 1. The van der Waals surface area contributed by atoms with Gasteiger partial charge in [0.25, 0.3) is 0 Å². The molecule has 106 valence electrons. The van der Waals surface area contributed by atoms with E-state index in [4.69, 9.17) is 0 Å². The van der Waals surface area contributed by atoms with Crippen LogP contribution in [0.3, 0.4) is 0 Å². The molecular weight excluding hydrogens is 268 g/mol. The first-order valence-corrected chi connectivity index (χ1v) is 6.48. The lowest BCUT2D eigenvalue weighted by Crippen LogP contribution is -2.09. The van der Waals surface area contributed by atoms with Crippen molar-refractivity contribution in [2.24, 2.45) is 0 Å². The summed E-state index contributed by atoms with van der Waals surface area (Å²) in [5.74, 6) is 0.309. The van der Waals surface area contributed by atoms with Crippen molar-refractivity contribution in [3.05, 3.63) is 48.5 Å². The van der Waals surface area contributed by atoms with Crippen molar-refractivity contribution in [1.82, 2.24) is 14.5 Å². The predicted molar refractivity (Wildman–Crippen MR) is 79.0 cm³/mol. The summed E-state index contributed by atoms with van der Waals surface area (Å²) in [6, 6.07) is 7.05. The van der Waals surface area contributed by atoms with Crippen molar-refractivity contribution >= 4 is 22.6 Å². The van der Waals surface area contributed by atoms with Crippen molar-refractivity contribution in [1.29, 1.82) is 0 Å². The highest BCUT2D eigenvalue weighted by molar-refractivity contribution is 5.93. The maximum Gasteiger partial charge on any atom is 0.222 e. The summed E-state index contributed by atoms with van der Waals surface area (Å²) in [5.41, 5.74) is 1.41. The van der Waals surface area contributed by atoms with Crippen LogP contribution in [-0.4, -0.2) is 25.5 Å². The summed E-state index contributed by atoms with van der Waals surface area (Å²) >= 11 is 0. The molecule has 0 radical (unpaired) electrons. The van der Waals surface area contributed by atoms with Crippen LogP contribution in [0.5, 0.6) is 5.75 Å². The van der Waals surface area contributed by atoms with Crippen LogP contribution in [-0.2, 0) is 11.3 Å². The maximum absolute atomic E-state index is 11.2. The SMILES string of the molecule is CC(=O)Nc1cc(Cn2ccnc2)c2cccc(O)c2n1. The molecule has 0 saturated carbocycles. The Kier molecular flexibility index (Phi) is 3.27. The summed E-state index contributed by atoms with van der Waals surface area (Å²) < 4.78 is 1.91. The highest BCUT2D eigenvalue weighted by Crippen LogP contribution is 2.28. The molecule has 3 aromatic rings. The minimum absolute atomic E-state index is 0.0894. The highest BCUT2D eigenvalue weighted by atomic mass is 16.3. The molecule has 1 aromatic carbocycles. The minimum Gasteiger partial charge on any atom is -0.506 e. The standard InChI is InChI=1S/C15H14N4O2/c1-10(20)17-14-7-11(8-19-6-5-16-9-19)12-3-2-4-13(21)15(12)18-14/h2-7,9,21H,8H2,1H3,(H,17,18,20). The lowest BCUT2D eigenvalue weighted by molar-refractivity contribution is -0.114. The minimum atomic E-state index is -0.203. The number of benzene rings is 1. The molecular formula is C15H14N4O2. The Balaban J connectivity index is 2.15. The van der Waals surface area contributed by atoms with E-state index in [2.05, 4.69) is 15.3 Å². The number of aromatic nitrogens is 3. The monoisotopic (exact) mass is 282 g/mol. The molecule has 2 aromatic heterocycles. The maximum atomic E-state index is 11.2. The third kappa shape index (κ3) is 2.69. The second-order valence-corrected chi connectivity index (χ2v) is 4.76. The summed E-state index contributed by atoms with van der Waals surface area (Å²) in [6.07, 6.45) is 5.27. The van der Waals surface area contributed by atoms with E-state index < -0.39 is 0 Å². The second kappa shape index (κ2) is 5.24. The Hall–Kier alpha value is -2.89. The molecule has 2 heterocycles. The first kappa shape index (κ1) is 13.1. The van der Waals surface area contributed by atoms with Gasteiger partial charge in [-0.2, -0.15) is 0 Å². The van der Waals surface area contributed by atoms with E-state index in [9.17, 15) is 9.90 Å². The molecule has 0 saturated heterocycles. The average Bonchev–Trinajstić information content (AvgIpc) is 2.92. The van der Waals surface area contributed by atoms with Crippen molar-refractivity contribution < 1.29 is 9.90 Å². The lowest BCUT2D eigenvalue weighted by Gasteiger charge is -2.11. The number of pyridine rings is 1. The Morgan fingerprint density at radius 1 is 1.43 bits per heavy atom. The number of nitrogens with zero attached hydrogens (tertiary/aromatic N) is 3. The first-order valence-electron chi connectivity index (χ1n) is 6.48. The van der Waals surface area contributed by atoms with Gasteiger partial charge in [0.1, 0.15) is 17.1 Å². The molecule has 21 heavy (non-hydrogen) atoms. The second-order valence-electron chi connectivity index (χ2n) is 4.76. The van der Waals surface area contributed by atoms with Gasteiger partial charge in [0.2, 0.25) is 5.91 Å². The van der Waals surface area contributed by atoms with Crippen LogP contribution < -0.4 is 5.32 Å². The van der Waals surface area contributed by atoms with Gasteiger partial charge in [-0.3, -0.25) is 4.79 Å². The fourth-order valence-electron chi connectivity index (χ4n) is 2.26. The highest BCUT2D eigenvalue weighted by Gasteiger charge is 2.10. The molecule has 0 fully saturated rings. The molecule has 2 N–H and O–H groups in total. The van der Waals surface area contributed by atoms with Crippen LogP contribution in [0.2, 0.25) is 0 Å². The molecule has 0 aliphatic heterocycles. The van der Waals surface area contributed by atoms with Crippen LogP contribution in [0, 0.1) is 0 Å². The van der Waals surface area contributed by atoms with Gasteiger partial charge in [-0.15, -0.1) is 0 Å². The molecule has 1 amide bonds. The molecule has 6 nitrogen and oxygen atoms in total. The van der Waals surface area contributed by atoms with Gasteiger partial charge in [-0.05, 0) is 17.7 Å². The number of hydrogen-bond donors (Lipinski definition) is 2. The van der Waals surface area contributed by atoms with Gasteiger partial charge in [0.15, 0.2) is 0 Å². The third-order valence-electron chi connectivity index (χ3n) is 3.12. The molecule has 0 bridgehead atoms. The molecule has 0 aliphatic carbocycles. The fourth-order valence-corrected chi connectivity index (χ4v) is 2.26. The average molecular weight is 282 g/mol. The number of anilines is 1. The summed E-state index contributed by atoms with van der Waals surface area (Å²) in [6.45, 7) is 2.00. The van der Waals surface area contributed by atoms with Crippen LogP contribution in [0.4, 0.5) is 5.82 Å². The van der Waals surface area contributed by atoms with Crippen LogP contribution in [0.15, 0.2) is 43.0 Å². The molecule has 0 aliphatic rings. The topological polar surface area (TPSA) is 80.0 Å².